The quantitative estimate of drug-likeness (QED) is 0.567. The average Bonchev–Trinajstić information content (AvgIpc) is 2.50. The van der Waals surface area contributed by atoms with E-state index in [9.17, 15) is 4.79 Å². The van der Waals surface area contributed by atoms with E-state index in [-0.39, 0.29) is 5.92 Å². The number of unbranched alkanes of at least 4 members (excludes halogenated alkanes) is 5. The molecule has 0 aromatic carbocycles. The minimum atomic E-state index is 0.261. The number of hydrogen-bond acceptors (Lipinski definition) is 2. The van der Waals surface area contributed by atoms with Gasteiger partial charge in [-0.3, -0.25) is 4.79 Å². The molecule has 3 nitrogen and oxygen atoms in total. The van der Waals surface area contributed by atoms with Crippen LogP contribution in [0.25, 0.3) is 0 Å². The summed E-state index contributed by atoms with van der Waals surface area (Å²) in [5.41, 5.74) is 0. The van der Waals surface area contributed by atoms with Crippen LogP contribution in [0.2, 0.25) is 0 Å². The van der Waals surface area contributed by atoms with Crippen LogP contribution in [0.3, 0.4) is 0 Å². The first-order chi connectivity index (χ1) is 9.79. The summed E-state index contributed by atoms with van der Waals surface area (Å²) in [5, 5.41) is 0. The third-order valence-corrected chi connectivity index (χ3v) is 4.23. The molecule has 1 fully saturated rings. The van der Waals surface area contributed by atoms with E-state index in [1.807, 2.05) is 4.90 Å². The lowest BCUT2D eigenvalue weighted by Crippen LogP contribution is -2.43. The fraction of sp³-hybridized carbons (Fsp3) is 0.941. The van der Waals surface area contributed by atoms with Gasteiger partial charge in [-0.15, -0.1) is 0 Å². The summed E-state index contributed by atoms with van der Waals surface area (Å²) >= 11 is 0. The minimum Gasteiger partial charge on any atom is -0.378 e. The molecule has 1 aliphatic rings. The van der Waals surface area contributed by atoms with Crippen molar-refractivity contribution in [1.29, 1.82) is 0 Å². The van der Waals surface area contributed by atoms with Gasteiger partial charge in [0, 0.05) is 19.0 Å². The maximum absolute atomic E-state index is 12.6. The smallest absolute Gasteiger partial charge is 0.225 e. The SMILES string of the molecule is CCCCCCC(CCCCC)C(=O)N1CCOCC1. The van der Waals surface area contributed by atoms with Crippen molar-refractivity contribution in [2.75, 3.05) is 26.3 Å². The molecule has 0 radical (unpaired) electrons. The summed E-state index contributed by atoms with van der Waals surface area (Å²) < 4.78 is 5.35. The molecule has 1 amide bonds. The number of morpholine rings is 1. The Morgan fingerprint density at radius 1 is 0.950 bits per heavy atom. The Hall–Kier alpha value is -0.570. The molecule has 3 heteroatoms. The van der Waals surface area contributed by atoms with Gasteiger partial charge in [-0.1, -0.05) is 58.8 Å². The van der Waals surface area contributed by atoms with Gasteiger partial charge in [0.2, 0.25) is 5.91 Å². The van der Waals surface area contributed by atoms with Crippen molar-refractivity contribution in [3.8, 4) is 0 Å². The van der Waals surface area contributed by atoms with Crippen LogP contribution in [-0.2, 0) is 9.53 Å². The predicted molar refractivity (Wildman–Crippen MR) is 83.8 cm³/mol. The van der Waals surface area contributed by atoms with E-state index in [2.05, 4.69) is 13.8 Å². The molecule has 1 aliphatic heterocycles. The molecule has 20 heavy (non-hydrogen) atoms. The lowest BCUT2D eigenvalue weighted by Gasteiger charge is -2.30. The third-order valence-electron chi connectivity index (χ3n) is 4.23. The number of hydrogen-bond donors (Lipinski definition) is 0. The van der Waals surface area contributed by atoms with Crippen LogP contribution in [0.5, 0.6) is 0 Å². The molecule has 1 unspecified atom stereocenters. The molecular formula is C17H33NO2. The lowest BCUT2D eigenvalue weighted by atomic mass is 9.93. The van der Waals surface area contributed by atoms with Crippen molar-refractivity contribution < 1.29 is 9.53 Å². The van der Waals surface area contributed by atoms with Gasteiger partial charge in [-0.05, 0) is 12.8 Å². The zero-order chi connectivity index (χ0) is 14.6. The first kappa shape index (κ1) is 17.5. The normalized spacial score (nSPS) is 17.2. The van der Waals surface area contributed by atoms with Gasteiger partial charge in [-0.25, -0.2) is 0 Å². The Kier molecular flexibility index (Phi) is 9.73. The number of nitrogens with zero attached hydrogens (tertiary/aromatic N) is 1. The van der Waals surface area contributed by atoms with Crippen LogP contribution in [0.1, 0.15) is 71.6 Å². The number of carbonyl (C=O) groups is 1. The summed E-state index contributed by atoms with van der Waals surface area (Å²) in [5.74, 6) is 0.650. The molecule has 0 saturated carbocycles. The molecule has 118 valence electrons. The maximum atomic E-state index is 12.6. The van der Waals surface area contributed by atoms with Crippen LogP contribution >= 0.6 is 0 Å². The molecule has 1 atom stereocenters. The lowest BCUT2D eigenvalue weighted by molar-refractivity contribution is -0.140. The van der Waals surface area contributed by atoms with Crippen molar-refractivity contribution >= 4 is 5.91 Å². The van der Waals surface area contributed by atoms with E-state index in [4.69, 9.17) is 4.74 Å². The standard InChI is InChI=1S/C17H33NO2/c1-3-5-7-9-11-16(10-8-6-4-2)17(19)18-12-14-20-15-13-18/h16H,3-15H2,1-2H3. The van der Waals surface area contributed by atoms with Gasteiger partial charge in [0.25, 0.3) is 0 Å². The summed E-state index contributed by atoms with van der Waals surface area (Å²) in [6, 6.07) is 0. The maximum Gasteiger partial charge on any atom is 0.225 e. The van der Waals surface area contributed by atoms with Gasteiger partial charge in [0.1, 0.15) is 0 Å². The molecule has 0 aromatic heterocycles. The van der Waals surface area contributed by atoms with Crippen molar-refractivity contribution in [3.05, 3.63) is 0 Å². The largest absolute Gasteiger partial charge is 0.378 e. The molecule has 0 spiro atoms. The van der Waals surface area contributed by atoms with Gasteiger partial charge < -0.3 is 9.64 Å². The highest BCUT2D eigenvalue weighted by Crippen LogP contribution is 2.21. The second kappa shape index (κ2) is 11.1. The van der Waals surface area contributed by atoms with Gasteiger partial charge in [-0.2, -0.15) is 0 Å². The second-order valence-corrected chi connectivity index (χ2v) is 5.98. The number of ether oxygens (including phenoxy) is 1. The van der Waals surface area contributed by atoms with Crippen LogP contribution in [-0.4, -0.2) is 37.1 Å². The van der Waals surface area contributed by atoms with Gasteiger partial charge in [0.05, 0.1) is 13.2 Å². The van der Waals surface area contributed by atoms with E-state index in [0.29, 0.717) is 19.1 Å². The molecule has 0 aliphatic carbocycles. The molecule has 1 saturated heterocycles. The Balaban J connectivity index is 2.39. The minimum absolute atomic E-state index is 0.261. The highest BCUT2D eigenvalue weighted by Gasteiger charge is 2.24. The Bertz CT molecular complexity index is 249. The average molecular weight is 283 g/mol. The van der Waals surface area contributed by atoms with Crippen LogP contribution in [0.4, 0.5) is 0 Å². The topological polar surface area (TPSA) is 29.5 Å². The highest BCUT2D eigenvalue weighted by molar-refractivity contribution is 5.78. The van der Waals surface area contributed by atoms with Crippen molar-refractivity contribution in [3.63, 3.8) is 0 Å². The zero-order valence-corrected chi connectivity index (χ0v) is 13.5. The van der Waals surface area contributed by atoms with E-state index in [1.165, 1.54) is 44.9 Å². The number of rotatable bonds is 10. The van der Waals surface area contributed by atoms with Crippen LogP contribution in [0, 0.1) is 5.92 Å². The molecule has 0 aromatic rings. The zero-order valence-electron chi connectivity index (χ0n) is 13.5. The van der Waals surface area contributed by atoms with Crippen molar-refractivity contribution in [2.45, 2.75) is 71.6 Å². The van der Waals surface area contributed by atoms with Gasteiger partial charge >= 0.3 is 0 Å². The Morgan fingerprint density at radius 2 is 1.50 bits per heavy atom. The monoisotopic (exact) mass is 283 g/mol. The van der Waals surface area contributed by atoms with Crippen molar-refractivity contribution in [2.24, 2.45) is 5.92 Å². The predicted octanol–water partition coefficient (Wildman–Crippen LogP) is 4.01. The fourth-order valence-electron chi connectivity index (χ4n) is 2.89. The van der Waals surface area contributed by atoms with Crippen LogP contribution < -0.4 is 0 Å². The fourth-order valence-corrected chi connectivity index (χ4v) is 2.89. The summed E-state index contributed by atoms with van der Waals surface area (Å²) in [6.45, 7) is 7.46. The van der Waals surface area contributed by atoms with Gasteiger partial charge in [0.15, 0.2) is 0 Å². The first-order valence-corrected chi connectivity index (χ1v) is 8.66. The molecule has 1 heterocycles. The van der Waals surface area contributed by atoms with Crippen LogP contribution in [0.15, 0.2) is 0 Å². The number of amides is 1. The number of carbonyl (C=O) groups excluding carboxylic acids is 1. The van der Waals surface area contributed by atoms with E-state index >= 15 is 0 Å². The molecule has 1 rings (SSSR count). The summed E-state index contributed by atoms with van der Waals surface area (Å²) in [6.07, 6.45) is 10.9. The third kappa shape index (κ3) is 6.74. The Morgan fingerprint density at radius 3 is 2.10 bits per heavy atom. The van der Waals surface area contributed by atoms with E-state index in [0.717, 1.165) is 25.9 Å². The Labute approximate surface area is 125 Å². The first-order valence-electron chi connectivity index (χ1n) is 8.66. The van der Waals surface area contributed by atoms with E-state index < -0.39 is 0 Å². The molecule has 0 N–H and O–H groups in total. The second-order valence-electron chi connectivity index (χ2n) is 5.98. The summed E-state index contributed by atoms with van der Waals surface area (Å²) in [7, 11) is 0. The van der Waals surface area contributed by atoms with E-state index in [1.54, 1.807) is 0 Å². The van der Waals surface area contributed by atoms with Crippen molar-refractivity contribution in [1.82, 2.24) is 4.90 Å². The highest BCUT2D eigenvalue weighted by atomic mass is 16.5. The summed E-state index contributed by atoms with van der Waals surface area (Å²) in [4.78, 5) is 14.7. The molecule has 0 bridgehead atoms. The molecular weight excluding hydrogens is 250 g/mol.